The summed E-state index contributed by atoms with van der Waals surface area (Å²) in [5.74, 6) is -0.0396. The lowest BCUT2D eigenvalue weighted by Crippen LogP contribution is -1.96. The molecule has 0 spiro atoms. The van der Waals surface area contributed by atoms with Crippen LogP contribution in [-0.4, -0.2) is 18.3 Å². The lowest BCUT2D eigenvalue weighted by Gasteiger charge is -2.03. The van der Waals surface area contributed by atoms with E-state index in [1.165, 1.54) is 13.2 Å². The fourth-order valence-corrected chi connectivity index (χ4v) is 1.30. The molecule has 0 unspecified atom stereocenters. The Kier molecular flexibility index (Phi) is 3.03. The Morgan fingerprint density at radius 3 is 2.64 bits per heavy atom. The minimum atomic E-state index is -0.655. The summed E-state index contributed by atoms with van der Waals surface area (Å²) in [6, 6.07) is 2.41. The molecule has 1 aromatic rings. The highest BCUT2D eigenvalue weighted by molar-refractivity contribution is 6.32. The first-order valence-electron chi connectivity index (χ1n) is 3.57. The predicted molar refractivity (Wildman–Crippen MR) is 50.0 cm³/mol. The monoisotopic (exact) mass is 215 g/mol. The summed E-state index contributed by atoms with van der Waals surface area (Å²) in [7, 11) is 1.27. The van der Waals surface area contributed by atoms with Crippen molar-refractivity contribution in [3.63, 3.8) is 0 Å². The third-order valence-corrected chi connectivity index (χ3v) is 1.86. The number of carbonyl (C=O) groups is 1. The van der Waals surface area contributed by atoms with Crippen LogP contribution in [0.2, 0.25) is 5.02 Å². The molecule has 1 aromatic carbocycles. The van der Waals surface area contributed by atoms with Gasteiger partial charge in [0.25, 0.3) is 0 Å². The van der Waals surface area contributed by atoms with E-state index < -0.39 is 4.92 Å². The smallest absolute Gasteiger partial charge is 0.313 e. The van der Waals surface area contributed by atoms with Gasteiger partial charge in [-0.3, -0.25) is 14.9 Å². The van der Waals surface area contributed by atoms with Crippen molar-refractivity contribution < 1.29 is 14.5 Å². The molecule has 0 aliphatic rings. The van der Waals surface area contributed by atoms with Gasteiger partial charge in [-0.15, -0.1) is 0 Å². The minimum absolute atomic E-state index is 0.0396. The summed E-state index contributed by atoms with van der Waals surface area (Å²) < 4.78 is 4.75. The lowest BCUT2D eigenvalue weighted by molar-refractivity contribution is -0.385. The van der Waals surface area contributed by atoms with E-state index in [0.29, 0.717) is 6.29 Å². The molecule has 0 aliphatic heterocycles. The summed E-state index contributed by atoms with van der Waals surface area (Å²) in [4.78, 5) is 20.3. The summed E-state index contributed by atoms with van der Waals surface area (Å²) in [5, 5.41) is 10.6. The molecule has 0 amide bonds. The van der Waals surface area contributed by atoms with E-state index in [1.807, 2.05) is 0 Å². The van der Waals surface area contributed by atoms with Gasteiger partial charge in [0.2, 0.25) is 5.75 Å². The number of rotatable bonds is 3. The molecular formula is C8H6ClNO4. The number of methoxy groups -OCH3 is 1. The van der Waals surface area contributed by atoms with Crippen LogP contribution in [0, 0.1) is 10.1 Å². The topological polar surface area (TPSA) is 69.4 Å². The van der Waals surface area contributed by atoms with Crippen molar-refractivity contribution in [1.82, 2.24) is 0 Å². The van der Waals surface area contributed by atoms with Crippen LogP contribution in [0.25, 0.3) is 0 Å². The number of nitro benzene ring substituents is 1. The minimum Gasteiger partial charge on any atom is -0.489 e. The van der Waals surface area contributed by atoms with Gasteiger partial charge in [-0.2, -0.15) is 0 Å². The maximum absolute atomic E-state index is 10.6. The van der Waals surface area contributed by atoms with Gasteiger partial charge in [-0.25, -0.2) is 0 Å². The molecule has 6 heteroatoms. The molecule has 5 nitrogen and oxygen atoms in total. The Labute approximate surface area is 84.4 Å². The van der Waals surface area contributed by atoms with E-state index in [0.717, 1.165) is 6.07 Å². The maximum Gasteiger partial charge on any atom is 0.313 e. The van der Waals surface area contributed by atoms with E-state index in [9.17, 15) is 14.9 Å². The Morgan fingerprint density at radius 1 is 1.57 bits per heavy atom. The van der Waals surface area contributed by atoms with Gasteiger partial charge in [0.1, 0.15) is 6.29 Å². The second-order valence-electron chi connectivity index (χ2n) is 2.43. The molecule has 0 aliphatic carbocycles. The number of halogens is 1. The zero-order valence-corrected chi connectivity index (χ0v) is 7.95. The van der Waals surface area contributed by atoms with Crippen LogP contribution in [0.5, 0.6) is 5.75 Å². The van der Waals surface area contributed by atoms with Gasteiger partial charge in [0.15, 0.2) is 0 Å². The van der Waals surface area contributed by atoms with Crippen LogP contribution < -0.4 is 4.74 Å². The van der Waals surface area contributed by atoms with E-state index in [1.54, 1.807) is 0 Å². The Balaban J connectivity index is 3.42. The molecule has 0 heterocycles. The molecule has 0 radical (unpaired) electrons. The first-order valence-corrected chi connectivity index (χ1v) is 3.95. The first kappa shape index (κ1) is 10.5. The molecule has 0 N–H and O–H groups in total. The van der Waals surface area contributed by atoms with E-state index in [-0.39, 0.29) is 22.0 Å². The van der Waals surface area contributed by atoms with Crippen molar-refractivity contribution in [1.29, 1.82) is 0 Å². The highest BCUT2D eigenvalue weighted by atomic mass is 35.5. The molecule has 0 fully saturated rings. The third-order valence-electron chi connectivity index (χ3n) is 1.58. The zero-order chi connectivity index (χ0) is 10.7. The average Bonchev–Trinajstić information content (AvgIpc) is 2.16. The number of benzene rings is 1. The van der Waals surface area contributed by atoms with Crippen LogP contribution in [0.15, 0.2) is 12.1 Å². The molecule has 0 atom stereocenters. The van der Waals surface area contributed by atoms with Crippen molar-refractivity contribution in [2.24, 2.45) is 0 Å². The standard InChI is InChI=1S/C8H6ClNO4/c1-14-8-6(9)2-5(4-11)3-7(8)10(12)13/h2-4H,1H3. The van der Waals surface area contributed by atoms with Gasteiger partial charge in [0.05, 0.1) is 17.1 Å². The summed E-state index contributed by atoms with van der Waals surface area (Å²) in [6.45, 7) is 0. The predicted octanol–water partition coefficient (Wildman–Crippen LogP) is 2.07. The quantitative estimate of drug-likeness (QED) is 0.440. The van der Waals surface area contributed by atoms with E-state index >= 15 is 0 Å². The number of ether oxygens (including phenoxy) is 1. The summed E-state index contributed by atoms with van der Waals surface area (Å²) in [6.07, 6.45) is 0.484. The Hall–Kier alpha value is -1.62. The van der Waals surface area contributed by atoms with Gasteiger partial charge < -0.3 is 4.74 Å². The Morgan fingerprint density at radius 2 is 2.21 bits per heavy atom. The summed E-state index contributed by atoms with van der Waals surface area (Å²) in [5.41, 5.74) is -0.176. The van der Waals surface area contributed by atoms with Crippen molar-refractivity contribution in [2.75, 3.05) is 7.11 Å². The van der Waals surface area contributed by atoms with Crippen molar-refractivity contribution in [3.8, 4) is 5.75 Å². The average molecular weight is 216 g/mol. The highest BCUT2D eigenvalue weighted by Gasteiger charge is 2.19. The fraction of sp³-hybridized carbons (Fsp3) is 0.125. The van der Waals surface area contributed by atoms with E-state index in [2.05, 4.69) is 0 Å². The number of nitro groups is 1. The first-order chi connectivity index (χ1) is 6.60. The van der Waals surface area contributed by atoms with Gasteiger partial charge in [-0.05, 0) is 6.07 Å². The van der Waals surface area contributed by atoms with Crippen LogP contribution in [-0.2, 0) is 0 Å². The normalized spacial score (nSPS) is 9.57. The van der Waals surface area contributed by atoms with Gasteiger partial charge >= 0.3 is 5.69 Å². The largest absolute Gasteiger partial charge is 0.489 e. The fourth-order valence-electron chi connectivity index (χ4n) is 1.01. The Bertz CT molecular complexity index is 391. The van der Waals surface area contributed by atoms with Gasteiger partial charge in [0, 0.05) is 11.6 Å². The molecule has 74 valence electrons. The summed E-state index contributed by atoms with van der Waals surface area (Å²) >= 11 is 5.67. The van der Waals surface area contributed by atoms with Crippen molar-refractivity contribution in [3.05, 3.63) is 32.8 Å². The molecule has 0 bridgehead atoms. The van der Waals surface area contributed by atoms with Crippen molar-refractivity contribution >= 4 is 23.6 Å². The van der Waals surface area contributed by atoms with E-state index in [4.69, 9.17) is 16.3 Å². The number of nitrogens with zero attached hydrogens (tertiary/aromatic N) is 1. The number of aldehydes is 1. The van der Waals surface area contributed by atoms with Crippen LogP contribution in [0.4, 0.5) is 5.69 Å². The number of hydrogen-bond acceptors (Lipinski definition) is 4. The SMILES string of the molecule is COc1c(Cl)cc(C=O)cc1[N+](=O)[O-]. The second kappa shape index (κ2) is 4.06. The highest BCUT2D eigenvalue weighted by Crippen LogP contribution is 2.35. The number of carbonyl (C=O) groups excluding carboxylic acids is 1. The molecule has 0 aromatic heterocycles. The van der Waals surface area contributed by atoms with Crippen LogP contribution >= 0.6 is 11.6 Å². The van der Waals surface area contributed by atoms with Crippen LogP contribution in [0.3, 0.4) is 0 Å². The number of hydrogen-bond donors (Lipinski definition) is 0. The second-order valence-corrected chi connectivity index (χ2v) is 2.84. The zero-order valence-electron chi connectivity index (χ0n) is 7.19. The molecule has 14 heavy (non-hydrogen) atoms. The van der Waals surface area contributed by atoms with Gasteiger partial charge in [-0.1, -0.05) is 11.6 Å². The molecule has 1 rings (SSSR count). The molecular weight excluding hydrogens is 210 g/mol. The lowest BCUT2D eigenvalue weighted by atomic mass is 10.2. The molecule has 0 saturated carbocycles. The third kappa shape index (κ3) is 1.82. The maximum atomic E-state index is 10.6. The van der Waals surface area contributed by atoms with Crippen LogP contribution in [0.1, 0.15) is 10.4 Å². The molecule has 0 saturated heterocycles. The van der Waals surface area contributed by atoms with Crippen molar-refractivity contribution in [2.45, 2.75) is 0 Å².